The van der Waals surface area contributed by atoms with E-state index in [1.807, 2.05) is 42.1 Å². The molecule has 0 radical (unpaired) electrons. The summed E-state index contributed by atoms with van der Waals surface area (Å²) in [6, 6.07) is 8.05. The van der Waals surface area contributed by atoms with Crippen LogP contribution >= 0.6 is 27.7 Å². The van der Waals surface area contributed by atoms with E-state index in [9.17, 15) is 5.11 Å². The Morgan fingerprint density at radius 2 is 2.12 bits per heavy atom. The monoisotopic (exact) mass is 312 g/mol. The Hall–Kier alpha value is -0.780. The predicted octanol–water partition coefficient (Wildman–Crippen LogP) is 3.01. The van der Waals surface area contributed by atoms with Crippen LogP contribution < -0.4 is 0 Å². The molecule has 1 unspecified atom stereocenters. The van der Waals surface area contributed by atoms with Crippen molar-refractivity contribution in [3.8, 4) is 0 Å². The average molecular weight is 313 g/mol. The summed E-state index contributed by atoms with van der Waals surface area (Å²) in [5.41, 5.74) is 0. The van der Waals surface area contributed by atoms with Gasteiger partial charge in [0.1, 0.15) is 11.9 Å². The van der Waals surface area contributed by atoms with Crippen molar-refractivity contribution < 1.29 is 5.11 Å². The Labute approximate surface area is 113 Å². The number of thioether (sulfide) groups is 1. The smallest absolute Gasteiger partial charge is 0.138 e. The van der Waals surface area contributed by atoms with Crippen molar-refractivity contribution in [1.82, 2.24) is 9.55 Å². The zero-order valence-corrected chi connectivity index (χ0v) is 11.8. The predicted molar refractivity (Wildman–Crippen MR) is 73.0 cm³/mol. The van der Waals surface area contributed by atoms with Crippen molar-refractivity contribution in [2.45, 2.75) is 11.0 Å². The molecule has 90 valence electrons. The molecule has 0 aliphatic rings. The number of benzene rings is 1. The van der Waals surface area contributed by atoms with Crippen LogP contribution in [0.25, 0.3) is 0 Å². The Morgan fingerprint density at radius 1 is 1.41 bits per heavy atom. The number of nitrogens with zero attached hydrogens (tertiary/aromatic N) is 2. The number of hydrogen-bond donors (Lipinski definition) is 1. The lowest BCUT2D eigenvalue weighted by Gasteiger charge is -2.10. The molecule has 0 saturated heterocycles. The van der Waals surface area contributed by atoms with Crippen LogP contribution in [-0.4, -0.2) is 20.4 Å². The highest BCUT2D eigenvalue weighted by Gasteiger charge is 2.12. The van der Waals surface area contributed by atoms with Gasteiger partial charge in [0.05, 0.1) is 0 Å². The van der Waals surface area contributed by atoms with Crippen LogP contribution in [-0.2, 0) is 7.05 Å². The number of rotatable bonds is 4. The minimum Gasteiger partial charge on any atom is -0.384 e. The molecule has 0 spiro atoms. The first-order chi connectivity index (χ1) is 8.16. The van der Waals surface area contributed by atoms with Gasteiger partial charge in [-0.25, -0.2) is 4.98 Å². The van der Waals surface area contributed by atoms with E-state index < -0.39 is 6.10 Å². The van der Waals surface area contributed by atoms with Gasteiger partial charge in [-0.1, -0.05) is 15.9 Å². The molecule has 17 heavy (non-hydrogen) atoms. The van der Waals surface area contributed by atoms with E-state index in [2.05, 4.69) is 20.9 Å². The van der Waals surface area contributed by atoms with Crippen LogP contribution in [0.2, 0.25) is 0 Å². The number of aliphatic hydroxyl groups excluding tert-OH is 1. The lowest BCUT2D eigenvalue weighted by molar-refractivity contribution is 0.190. The van der Waals surface area contributed by atoms with E-state index in [0.717, 1.165) is 9.37 Å². The highest BCUT2D eigenvalue weighted by molar-refractivity contribution is 9.10. The fraction of sp³-hybridized carbons (Fsp3) is 0.250. The molecule has 0 aliphatic heterocycles. The first-order valence-electron chi connectivity index (χ1n) is 5.20. The third kappa shape index (κ3) is 3.34. The highest BCUT2D eigenvalue weighted by Crippen LogP contribution is 2.25. The second kappa shape index (κ2) is 5.71. The maximum Gasteiger partial charge on any atom is 0.138 e. The van der Waals surface area contributed by atoms with Gasteiger partial charge in [0.25, 0.3) is 0 Å². The summed E-state index contributed by atoms with van der Waals surface area (Å²) in [7, 11) is 1.88. The van der Waals surface area contributed by atoms with E-state index >= 15 is 0 Å². The molecule has 1 aromatic carbocycles. The van der Waals surface area contributed by atoms with Crippen LogP contribution in [0.5, 0.6) is 0 Å². The molecule has 0 saturated carbocycles. The van der Waals surface area contributed by atoms with Crippen LogP contribution in [0.1, 0.15) is 11.9 Å². The Balaban J connectivity index is 1.94. The van der Waals surface area contributed by atoms with Crippen molar-refractivity contribution in [3.63, 3.8) is 0 Å². The van der Waals surface area contributed by atoms with Crippen LogP contribution in [0.4, 0.5) is 0 Å². The van der Waals surface area contributed by atoms with E-state index in [4.69, 9.17) is 0 Å². The van der Waals surface area contributed by atoms with Crippen molar-refractivity contribution in [3.05, 3.63) is 47.0 Å². The maximum atomic E-state index is 9.99. The van der Waals surface area contributed by atoms with Gasteiger partial charge in [0.2, 0.25) is 0 Å². The van der Waals surface area contributed by atoms with Crippen molar-refractivity contribution in [1.29, 1.82) is 0 Å². The summed E-state index contributed by atoms with van der Waals surface area (Å²) in [6.07, 6.45) is 3.00. The van der Waals surface area contributed by atoms with Gasteiger partial charge >= 0.3 is 0 Å². The third-order valence-electron chi connectivity index (χ3n) is 2.38. The standard InChI is InChI=1S/C12H13BrN2OS/c1-15-7-6-14-12(15)11(16)8-17-10-4-2-9(13)3-5-10/h2-7,11,16H,8H2,1H3. The molecule has 3 nitrogen and oxygen atoms in total. The zero-order valence-electron chi connectivity index (χ0n) is 9.38. The number of halogens is 1. The molecular weight excluding hydrogens is 300 g/mol. The fourth-order valence-electron chi connectivity index (χ4n) is 1.48. The Bertz CT molecular complexity index is 484. The first-order valence-corrected chi connectivity index (χ1v) is 6.98. The van der Waals surface area contributed by atoms with E-state index in [0.29, 0.717) is 11.6 Å². The molecule has 0 amide bonds. The quantitative estimate of drug-likeness (QED) is 0.882. The number of aryl methyl sites for hydroxylation is 1. The number of aliphatic hydroxyl groups is 1. The summed E-state index contributed by atoms with van der Waals surface area (Å²) in [5, 5.41) is 9.99. The Kier molecular flexibility index (Phi) is 4.25. The molecule has 0 aliphatic carbocycles. The molecule has 1 heterocycles. The first kappa shape index (κ1) is 12.7. The van der Waals surface area contributed by atoms with Gasteiger partial charge in [0.15, 0.2) is 0 Å². The third-order valence-corrected chi connectivity index (χ3v) is 3.99. The average Bonchev–Trinajstić information content (AvgIpc) is 2.74. The minimum absolute atomic E-state index is 0.538. The number of imidazole rings is 1. The summed E-state index contributed by atoms with van der Waals surface area (Å²) in [4.78, 5) is 5.27. The lowest BCUT2D eigenvalue weighted by Crippen LogP contribution is -2.07. The molecule has 5 heteroatoms. The van der Waals surface area contributed by atoms with Gasteiger partial charge < -0.3 is 9.67 Å². The summed E-state index contributed by atoms with van der Waals surface area (Å²) < 4.78 is 2.90. The van der Waals surface area contributed by atoms with Gasteiger partial charge in [-0.2, -0.15) is 0 Å². The number of hydrogen-bond acceptors (Lipinski definition) is 3. The molecule has 2 aromatic rings. The van der Waals surface area contributed by atoms with Crippen molar-refractivity contribution in [2.75, 3.05) is 5.75 Å². The second-order valence-electron chi connectivity index (χ2n) is 3.68. The van der Waals surface area contributed by atoms with E-state index in [-0.39, 0.29) is 0 Å². The molecule has 1 N–H and O–H groups in total. The topological polar surface area (TPSA) is 38.0 Å². The molecule has 1 atom stereocenters. The summed E-state index contributed by atoms with van der Waals surface area (Å²) >= 11 is 5.01. The lowest BCUT2D eigenvalue weighted by atomic mass is 10.4. The fourth-order valence-corrected chi connectivity index (χ4v) is 2.57. The second-order valence-corrected chi connectivity index (χ2v) is 5.69. The highest BCUT2D eigenvalue weighted by atomic mass is 79.9. The minimum atomic E-state index is -0.538. The largest absolute Gasteiger partial charge is 0.384 e. The number of aromatic nitrogens is 2. The normalized spacial score (nSPS) is 12.6. The van der Waals surface area contributed by atoms with Gasteiger partial charge in [0, 0.05) is 34.6 Å². The van der Waals surface area contributed by atoms with Gasteiger partial charge in [-0.05, 0) is 24.3 Å². The Morgan fingerprint density at radius 3 is 2.71 bits per heavy atom. The molecule has 0 bridgehead atoms. The molecule has 1 aromatic heterocycles. The van der Waals surface area contributed by atoms with Crippen molar-refractivity contribution >= 4 is 27.7 Å². The molecule has 2 rings (SSSR count). The van der Waals surface area contributed by atoms with Crippen LogP contribution in [0, 0.1) is 0 Å². The zero-order chi connectivity index (χ0) is 12.3. The van der Waals surface area contributed by atoms with E-state index in [1.165, 1.54) is 0 Å². The maximum absolute atomic E-state index is 9.99. The summed E-state index contributed by atoms with van der Waals surface area (Å²) in [6.45, 7) is 0. The summed E-state index contributed by atoms with van der Waals surface area (Å²) in [5.74, 6) is 1.31. The molecule has 0 fully saturated rings. The van der Waals surface area contributed by atoms with Crippen LogP contribution in [0.3, 0.4) is 0 Å². The molecular formula is C12H13BrN2OS. The van der Waals surface area contributed by atoms with Crippen LogP contribution in [0.15, 0.2) is 46.0 Å². The van der Waals surface area contributed by atoms with E-state index in [1.54, 1.807) is 18.0 Å². The van der Waals surface area contributed by atoms with Gasteiger partial charge in [-0.3, -0.25) is 0 Å². The van der Waals surface area contributed by atoms with Gasteiger partial charge in [-0.15, -0.1) is 11.8 Å². The van der Waals surface area contributed by atoms with Crippen molar-refractivity contribution in [2.24, 2.45) is 7.05 Å². The SMILES string of the molecule is Cn1ccnc1C(O)CSc1ccc(Br)cc1.